The molecule has 0 radical (unpaired) electrons. The molecular formula is C14H18ClFO. The minimum absolute atomic E-state index is 0.216. The zero-order valence-electron chi connectivity index (χ0n) is 10.3. The third-order valence-corrected chi connectivity index (χ3v) is 4.00. The molecule has 0 heterocycles. The van der Waals surface area contributed by atoms with Crippen molar-refractivity contribution in [2.75, 3.05) is 7.11 Å². The van der Waals surface area contributed by atoms with Crippen LogP contribution in [0, 0.1) is 11.2 Å². The lowest BCUT2D eigenvalue weighted by atomic mass is 9.82. The minimum Gasteiger partial charge on any atom is -0.494 e. The Balaban J connectivity index is 2.11. The lowest BCUT2D eigenvalue weighted by molar-refractivity contribution is 0.333. The molecule has 3 heteroatoms. The third-order valence-electron chi connectivity index (χ3n) is 3.62. The van der Waals surface area contributed by atoms with E-state index in [0.717, 1.165) is 31.2 Å². The van der Waals surface area contributed by atoms with Crippen LogP contribution in [0.5, 0.6) is 5.75 Å². The molecule has 1 aliphatic rings. The van der Waals surface area contributed by atoms with Crippen molar-refractivity contribution in [1.82, 2.24) is 0 Å². The van der Waals surface area contributed by atoms with Crippen molar-refractivity contribution in [2.45, 2.75) is 38.0 Å². The van der Waals surface area contributed by atoms with Crippen LogP contribution < -0.4 is 4.74 Å². The van der Waals surface area contributed by atoms with Gasteiger partial charge in [-0.1, -0.05) is 13.0 Å². The van der Waals surface area contributed by atoms with Crippen molar-refractivity contribution < 1.29 is 9.13 Å². The van der Waals surface area contributed by atoms with E-state index in [1.165, 1.54) is 7.11 Å². The van der Waals surface area contributed by atoms with Crippen LogP contribution in [0.4, 0.5) is 4.39 Å². The largest absolute Gasteiger partial charge is 0.494 e. The van der Waals surface area contributed by atoms with E-state index in [-0.39, 0.29) is 16.6 Å². The van der Waals surface area contributed by atoms with E-state index in [9.17, 15) is 4.39 Å². The molecule has 0 aromatic heterocycles. The fourth-order valence-corrected chi connectivity index (χ4v) is 3.20. The predicted octanol–water partition coefficient (Wildman–Crippen LogP) is 4.17. The van der Waals surface area contributed by atoms with Gasteiger partial charge in [-0.05, 0) is 48.8 Å². The van der Waals surface area contributed by atoms with Gasteiger partial charge in [0, 0.05) is 5.38 Å². The maximum atomic E-state index is 13.6. The fourth-order valence-electron chi connectivity index (χ4n) is 2.72. The van der Waals surface area contributed by atoms with Crippen LogP contribution in [-0.2, 0) is 6.42 Å². The highest BCUT2D eigenvalue weighted by molar-refractivity contribution is 6.20. The highest BCUT2D eigenvalue weighted by Crippen LogP contribution is 2.43. The second-order valence-corrected chi connectivity index (χ2v) is 5.91. The molecule has 2 unspecified atom stereocenters. The minimum atomic E-state index is -0.283. The number of ether oxygens (including phenoxy) is 1. The molecule has 0 aliphatic heterocycles. The standard InChI is InChI=1S/C14H18ClFO/c1-14(6-5-11(15)9-14)8-10-3-4-13(17-2)12(16)7-10/h3-4,7,11H,5-6,8-9H2,1-2H3. The van der Waals surface area contributed by atoms with Crippen LogP contribution in [-0.4, -0.2) is 12.5 Å². The first-order valence-corrected chi connectivity index (χ1v) is 6.42. The van der Waals surface area contributed by atoms with Crippen molar-refractivity contribution in [1.29, 1.82) is 0 Å². The molecule has 2 atom stereocenters. The highest BCUT2D eigenvalue weighted by Gasteiger charge is 2.34. The van der Waals surface area contributed by atoms with Gasteiger partial charge in [-0.2, -0.15) is 0 Å². The van der Waals surface area contributed by atoms with Crippen LogP contribution in [0.2, 0.25) is 0 Å². The Morgan fingerprint density at radius 1 is 1.53 bits per heavy atom. The van der Waals surface area contributed by atoms with E-state index >= 15 is 0 Å². The molecule has 1 saturated carbocycles. The van der Waals surface area contributed by atoms with Crippen molar-refractivity contribution in [3.8, 4) is 5.75 Å². The van der Waals surface area contributed by atoms with Crippen LogP contribution in [0.25, 0.3) is 0 Å². The number of alkyl halides is 1. The molecule has 0 N–H and O–H groups in total. The molecule has 1 fully saturated rings. The summed E-state index contributed by atoms with van der Waals surface area (Å²) in [5.41, 5.74) is 1.24. The summed E-state index contributed by atoms with van der Waals surface area (Å²) in [7, 11) is 1.48. The summed E-state index contributed by atoms with van der Waals surface area (Å²) in [6, 6.07) is 5.21. The van der Waals surface area contributed by atoms with Crippen LogP contribution >= 0.6 is 11.6 Å². The van der Waals surface area contributed by atoms with Crippen LogP contribution in [0.15, 0.2) is 18.2 Å². The molecule has 0 spiro atoms. The van der Waals surface area contributed by atoms with Gasteiger partial charge in [0.05, 0.1) is 7.11 Å². The summed E-state index contributed by atoms with van der Waals surface area (Å²) < 4.78 is 18.5. The zero-order valence-corrected chi connectivity index (χ0v) is 11.1. The molecule has 0 amide bonds. The molecule has 2 rings (SSSR count). The normalized spacial score (nSPS) is 28.4. The van der Waals surface area contributed by atoms with Gasteiger partial charge in [0.25, 0.3) is 0 Å². The number of hydrogen-bond donors (Lipinski definition) is 0. The number of rotatable bonds is 3. The van der Waals surface area contributed by atoms with E-state index < -0.39 is 0 Å². The number of hydrogen-bond acceptors (Lipinski definition) is 1. The average Bonchev–Trinajstić information content (AvgIpc) is 2.58. The third kappa shape index (κ3) is 2.92. The van der Waals surface area contributed by atoms with E-state index in [0.29, 0.717) is 5.75 Å². The molecule has 0 saturated heterocycles. The zero-order chi connectivity index (χ0) is 12.5. The van der Waals surface area contributed by atoms with E-state index in [1.807, 2.05) is 6.07 Å². The average molecular weight is 257 g/mol. The lowest BCUT2D eigenvalue weighted by Crippen LogP contribution is -2.15. The van der Waals surface area contributed by atoms with Gasteiger partial charge in [0.15, 0.2) is 11.6 Å². The Morgan fingerprint density at radius 3 is 2.82 bits per heavy atom. The van der Waals surface area contributed by atoms with Crippen molar-refractivity contribution in [3.63, 3.8) is 0 Å². The SMILES string of the molecule is COc1ccc(CC2(C)CCC(Cl)C2)cc1F. The quantitative estimate of drug-likeness (QED) is 0.738. The summed E-state index contributed by atoms with van der Waals surface area (Å²) in [5.74, 6) is 0.0227. The van der Waals surface area contributed by atoms with Gasteiger partial charge < -0.3 is 4.74 Å². The van der Waals surface area contributed by atoms with Crippen LogP contribution in [0.3, 0.4) is 0 Å². The fraction of sp³-hybridized carbons (Fsp3) is 0.571. The van der Waals surface area contributed by atoms with Crippen molar-refractivity contribution in [3.05, 3.63) is 29.6 Å². The van der Waals surface area contributed by atoms with E-state index in [1.54, 1.807) is 12.1 Å². The van der Waals surface area contributed by atoms with Crippen molar-refractivity contribution >= 4 is 11.6 Å². The maximum Gasteiger partial charge on any atom is 0.165 e. The first kappa shape index (κ1) is 12.7. The Bertz CT molecular complexity index is 407. The molecule has 94 valence electrons. The molecule has 1 aromatic carbocycles. The number of benzene rings is 1. The van der Waals surface area contributed by atoms with Gasteiger partial charge in [-0.3, -0.25) is 0 Å². The van der Waals surface area contributed by atoms with Gasteiger partial charge in [0.2, 0.25) is 0 Å². The van der Waals surface area contributed by atoms with Gasteiger partial charge >= 0.3 is 0 Å². The summed E-state index contributed by atoms with van der Waals surface area (Å²) >= 11 is 6.15. The molecular weight excluding hydrogens is 239 g/mol. The molecule has 1 aliphatic carbocycles. The predicted molar refractivity (Wildman–Crippen MR) is 68.3 cm³/mol. The topological polar surface area (TPSA) is 9.23 Å². The smallest absolute Gasteiger partial charge is 0.165 e. The number of halogens is 2. The molecule has 17 heavy (non-hydrogen) atoms. The van der Waals surface area contributed by atoms with Crippen molar-refractivity contribution in [2.24, 2.45) is 5.41 Å². The Morgan fingerprint density at radius 2 is 2.29 bits per heavy atom. The molecule has 1 aromatic rings. The van der Waals surface area contributed by atoms with E-state index in [4.69, 9.17) is 16.3 Å². The van der Waals surface area contributed by atoms with Gasteiger partial charge in [-0.15, -0.1) is 11.6 Å². The molecule has 0 bridgehead atoms. The monoisotopic (exact) mass is 256 g/mol. The summed E-state index contributed by atoms with van der Waals surface area (Å²) in [6.07, 6.45) is 4.09. The van der Waals surface area contributed by atoms with Gasteiger partial charge in [-0.25, -0.2) is 4.39 Å². The lowest BCUT2D eigenvalue weighted by Gasteiger charge is -2.23. The Kier molecular flexibility index (Phi) is 3.62. The first-order valence-electron chi connectivity index (χ1n) is 5.99. The summed E-state index contributed by atoms with van der Waals surface area (Å²) in [4.78, 5) is 0. The Hall–Kier alpha value is -0.760. The second kappa shape index (κ2) is 4.85. The second-order valence-electron chi connectivity index (χ2n) is 5.30. The summed E-state index contributed by atoms with van der Waals surface area (Å²) in [5, 5.41) is 0.281. The highest BCUT2D eigenvalue weighted by atomic mass is 35.5. The maximum absolute atomic E-state index is 13.6. The first-order chi connectivity index (χ1) is 8.02. The van der Waals surface area contributed by atoms with Gasteiger partial charge in [0.1, 0.15) is 0 Å². The Labute approximate surface area is 107 Å². The summed E-state index contributed by atoms with van der Waals surface area (Å²) in [6.45, 7) is 2.23. The molecule has 1 nitrogen and oxygen atoms in total. The van der Waals surface area contributed by atoms with Crippen LogP contribution in [0.1, 0.15) is 31.7 Å². The number of methoxy groups -OCH3 is 1. The van der Waals surface area contributed by atoms with E-state index in [2.05, 4.69) is 6.92 Å².